The Morgan fingerprint density at radius 3 is 2.24 bits per heavy atom. The van der Waals surface area contributed by atoms with Crippen LogP contribution in [0.15, 0.2) is 18.2 Å². The van der Waals surface area contributed by atoms with Gasteiger partial charge in [-0.3, -0.25) is 14.9 Å². The quantitative estimate of drug-likeness (QED) is 0.596. The van der Waals surface area contributed by atoms with Gasteiger partial charge < -0.3 is 4.90 Å². The van der Waals surface area contributed by atoms with Crippen LogP contribution in [0.1, 0.15) is 36.0 Å². The summed E-state index contributed by atoms with van der Waals surface area (Å²) in [6.07, 6.45) is 4.76. The Hall–Kier alpha value is -1.62. The van der Waals surface area contributed by atoms with Crippen molar-refractivity contribution in [3.8, 4) is 0 Å². The van der Waals surface area contributed by atoms with Crippen molar-refractivity contribution in [2.24, 2.45) is 11.8 Å². The lowest BCUT2D eigenvalue weighted by Gasteiger charge is -2.22. The molecule has 0 spiro atoms. The molecule has 1 amide bonds. The first-order chi connectivity index (χ1) is 10.0. The largest absolute Gasteiger partial charge is 0.338 e. The Balaban J connectivity index is 1.77. The molecule has 21 heavy (non-hydrogen) atoms. The molecule has 0 aliphatic heterocycles. The molecule has 0 bridgehead atoms. The van der Waals surface area contributed by atoms with E-state index in [0.29, 0.717) is 17.4 Å². The number of halogens is 1. The van der Waals surface area contributed by atoms with Gasteiger partial charge in [0.2, 0.25) is 0 Å². The van der Waals surface area contributed by atoms with E-state index < -0.39 is 4.92 Å². The minimum Gasteiger partial charge on any atom is -0.338 e. The van der Waals surface area contributed by atoms with Crippen LogP contribution in [0.25, 0.3) is 0 Å². The Bertz CT molecular complexity index is 568. The molecule has 112 valence electrons. The second kappa shape index (κ2) is 5.64. The van der Waals surface area contributed by atoms with Gasteiger partial charge in [-0.1, -0.05) is 11.6 Å². The highest BCUT2D eigenvalue weighted by molar-refractivity contribution is 6.33. The summed E-state index contributed by atoms with van der Waals surface area (Å²) in [5, 5.41) is 10.8. The topological polar surface area (TPSA) is 63.4 Å². The molecule has 2 fully saturated rings. The first-order valence-electron chi connectivity index (χ1n) is 7.28. The van der Waals surface area contributed by atoms with E-state index in [-0.39, 0.29) is 16.6 Å². The maximum Gasteiger partial charge on any atom is 0.287 e. The van der Waals surface area contributed by atoms with E-state index in [1.54, 1.807) is 0 Å². The van der Waals surface area contributed by atoms with Gasteiger partial charge in [0.05, 0.1) is 4.92 Å². The zero-order valence-corrected chi connectivity index (χ0v) is 12.4. The van der Waals surface area contributed by atoms with Gasteiger partial charge in [0.15, 0.2) is 0 Å². The lowest BCUT2D eigenvalue weighted by Crippen LogP contribution is -2.34. The molecule has 0 radical (unpaired) electrons. The summed E-state index contributed by atoms with van der Waals surface area (Å²) < 4.78 is 0. The number of carbonyl (C=O) groups is 1. The Morgan fingerprint density at radius 2 is 1.81 bits per heavy atom. The molecule has 1 aromatic carbocycles. The molecule has 0 N–H and O–H groups in total. The smallest absolute Gasteiger partial charge is 0.287 e. The van der Waals surface area contributed by atoms with Crippen LogP contribution in [0.4, 0.5) is 5.69 Å². The number of benzene rings is 1. The molecular formula is C15H17ClN2O3. The van der Waals surface area contributed by atoms with E-state index in [2.05, 4.69) is 0 Å². The summed E-state index contributed by atoms with van der Waals surface area (Å²) in [4.78, 5) is 24.7. The van der Waals surface area contributed by atoms with Crippen LogP contribution in [0.2, 0.25) is 5.02 Å². The molecule has 0 aromatic heterocycles. The van der Waals surface area contributed by atoms with Crippen LogP contribution >= 0.6 is 11.6 Å². The Morgan fingerprint density at radius 1 is 1.24 bits per heavy atom. The normalized spacial score (nSPS) is 17.6. The lowest BCUT2D eigenvalue weighted by atomic mass is 10.1. The minimum absolute atomic E-state index is 0.0173. The fourth-order valence-electron chi connectivity index (χ4n) is 2.44. The van der Waals surface area contributed by atoms with E-state index in [9.17, 15) is 14.9 Å². The van der Waals surface area contributed by atoms with Crippen molar-refractivity contribution in [3.63, 3.8) is 0 Å². The highest BCUT2D eigenvalue weighted by atomic mass is 35.5. The summed E-state index contributed by atoms with van der Waals surface area (Å²) >= 11 is 5.90. The van der Waals surface area contributed by atoms with Gasteiger partial charge >= 0.3 is 0 Å². The summed E-state index contributed by atoms with van der Waals surface area (Å²) in [5.41, 5.74) is 0.274. The third-order valence-electron chi connectivity index (χ3n) is 4.03. The molecule has 5 nitrogen and oxygen atoms in total. The molecule has 2 saturated carbocycles. The maximum atomic E-state index is 12.6. The molecule has 2 aliphatic carbocycles. The minimum atomic E-state index is -0.539. The molecule has 0 unspecified atom stereocenters. The van der Waals surface area contributed by atoms with E-state index in [1.165, 1.54) is 43.9 Å². The van der Waals surface area contributed by atoms with E-state index in [4.69, 9.17) is 11.6 Å². The molecule has 0 atom stereocenters. The number of amides is 1. The number of carbonyl (C=O) groups excluding carboxylic acids is 1. The molecule has 0 heterocycles. The molecular weight excluding hydrogens is 292 g/mol. The number of nitro groups is 1. The first kappa shape index (κ1) is 14.3. The van der Waals surface area contributed by atoms with Crippen molar-refractivity contribution in [3.05, 3.63) is 38.9 Å². The Kier molecular flexibility index (Phi) is 3.85. The SMILES string of the molecule is O=C(c1ccc([N+](=O)[O-])c(Cl)c1)N(CC1CC1)CC1CC1. The van der Waals surface area contributed by atoms with Gasteiger partial charge in [-0.25, -0.2) is 0 Å². The highest BCUT2D eigenvalue weighted by Crippen LogP contribution is 2.34. The summed E-state index contributed by atoms with van der Waals surface area (Å²) in [7, 11) is 0. The van der Waals surface area contributed by atoms with E-state index >= 15 is 0 Å². The number of hydrogen-bond acceptors (Lipinski definition) is 3. The summed E-state index contributed by atoms with van der Waals surface area (Å²) in [6, 6.07) is 4.22. The van der Waals surface area contributed by atoms with Crippen molar-refractivity contribution in [2.75, 3.05) is 13.1 Å². The average Bonchev–Trinajstić information content (AvgIpc) is 3.31. The van der Waals surface area contributed by atoms with Gasteiger partial charge in [0, 0.05) is 24.7 Å². The van der Waals surface area contributed by atoms with Gasteiger partial charge in [-0.15, -0.1) is 0 Å². The number of nitro benzene ring substituents is 1. The highest BCUT2D eigenvalue weighted by Gasteiger charge is 2.32. The maximum absolute atomic E-state index is 12.6. The summed E-state index contributed by atoms with van der Waals surface area (Å²) in [5.74, 6) is 1.19. The van der Waals surface area contributed by atoms with Crippen molar-refractivity contribution in [2.45, 2.75) is 25.7 Å². The molecule has 1 aromatic rings. The van der Waals surface area contributed by atoms with Crippen LogP contribution in [-0.4, -0.2) is 28.8 Å². The first-order valence-corrected chi connectivity index (χ1v) is 7.65. The molecule has 0 saturated heterocycles. The standard InChI is InChI=1S/C15H17ClN2O3/c16-13-7-12(5-6-14(13)18(20)21)15(19)17(8-10-1-2-10)9-11-3-4-11/h5-7,10-11H,1-4,8-9H2. The fraction of sp³-hybridized carbons (Fsp3) is 0.533. The van der Waals surface area contributed by atoms with Gasteiger partial charge in [-0.2, -0.15) is 0 Å². The van der Waals surface area contributed by atoms with Crippen LogP contribution < -0.4 is 0 Å². The second-order valence-electron chi connectivity index (χ2n) is 6.02. The van der Waals surface area contributed by atoms with Crippen LogP contribution in [0.3, 0.4) is 0 Å². The van der Waals surface area contributed by atoms with Crippen LogP contribution in [-0.2, 0) is 0 Å². The van der Waals surface area contributed by atoms with E-state index in [1.807, 2.05) is 4.90 Å². The van der Waals surface area contributed by atoms with E-state index in [0.717, 1.165) is 13.1 Å². The number of rotatable bonds is 6. The average molecular weight is 309 g/mol. The molecule has 6 heteroatoms. The van der Waals surface area contributed by atoms with Crippen LogP contribution in [0.5, 0.6) is 0 Å². The molecule has 2 aliphatic rings. The Labute approximate surface area is 128 Å². The predicted octanol–water partition coefficient (Wildman–Crippen LogP) is 3.51. The third kappa shape index (κ3) is 3.53. The predicted molar refractivity (Wildman–Crippen MR) is 79.5 cm³/mol. The van der Waals surface area contributed by atoms with Crippen molar-refractivity contribution in [1.82, 2.24) is 4.90 Å². The van der Waals surface area contributed by atoms with Crippen molar-refractivity contribution in [1.29, 1.82) is 0 Å². The second-order valence-corrected chi connectivity index (χ2v) is 6.43. The zero-order chi connectivity index (χ0) is 15.0. The zero-order valence-electron chi connectivity index (χ0n) is 11.6. The summed E-state index contributed by atoms with van der Waals surface area (Å²) in [6.45, 7) is 1.59. The van der Waals surface area contributed by atoms with Gasteiger partial charge in [0.1, 0.15) is 5.02 Å². The van der Waals surface area contributed by atoms with Gasteiger partial charge in [-0.05, 0) is 49.7 Å². The monoisotopic (exact) mass is 308 g/mol. The third-order valence-corrected chi connectivity index (χ3v) is 4.33. The molecule has 3 rings (SSSR count). The lowest BCUT2D eigenvalue weighted by molar-refractivity contribution is -0.384. The van der Waals surface area contributed by atoms with Crippen molar-refractivity contribution >= 4 is 23.2 Å². The van der Waals surface area contributed by atoms with Crippen molar-refractivity contribution < 1.29 is 9.72 Å². The van der Waals surface area contributed by atoms with Gasteiger partial charge in [0.25, 0.3) is 11.6 Å². The number of hydrogen-bond donors (Lipinski definition) is 0. The van der Waals surface area contributed by atoms with Crippen LogP contribution in [0, 0.1) is 22.0 Å². The number of nitrogens with zero attached hydrogens (tertiary/aromatic N) is 2. The fourth-order valence-corrected chi connectivity index (χ4v) is 2.68.